The second-order valence-electron chi connectivity index (χ2n) is 7.54. The Hall–Kier alpha value is -3.28. The molecule has 0 spiro atoms. The second-order valence-corrected chi connectivity index (χ2v) is 7.54. The Labute approximate surface area is 191 Å². The molecule has 0 aliphatic carbocycles. The maximum Gasteiger partial charge on any atom is 0.240 e. The lowest BCUT2D eigenvalue weighted by Crippen LogP contribution is -2.20. The van der Waals surface area contributed by atoms with Gasteiger partial charge in [-0.25, -0.2) is 10.9 Å². The van der Waals surface area contributed by atoms with Gasteiger partial charge in [-0.15, -0.1) is 0 Å². The average Bonchev–Trinajstić information content (AvgIpc) is 2.83. The lowest BCUT2D eigenvalue weighted by Gasteiger charge is -2.06. The summed E-state index contributed by atoms with van der Waals surface area (Å²) in [6.45, 7) is 4.04. The van der Waals surface area contributed by atoms with Gasteiger partial charge in [-0.05, 0) is 36.8 Å². The zero-order valence-corrected chi connectivity index (χ0v) is 19.1. The Morgan fingerprint density at radius 1 is 0.625 bits per heavy atom. The van der Waals surface area contributed by atoms with E-state index < -0.39 is 0 Å². The summed E-state index contributed by atoms with van der Waals surface area (Å²) in [5, 5.41) is 8.53. The van der Waals surface area contributed by atoms with E-state index in [1.807, 2.05) is 74.5 Å². The molecule has 0 heterocycles. The molecule has 6 heteroatoms. The number of hydrazone groups is 2. The van der Waals surface area contributed by atoms with Crippen molar-refractivity contribution < 1.29 is 9.59 Å². The van der Waals surface area contributed by atoms with Gasteiger partial charge in [0.1, 0.15) is 0 Å². The molecule has 0 aliphatic heterocycles. The van der Waals surface area contributed by atoms with Crippen LogP contribution in [-0.4, -0.2) is 23.2 Å². The minimum atomic E-state index is -0.0769. The number of benzene rings is 2. The van der Waals surface area contributed by atoms with Crippen molar-refractivity contribution in [2.75, 3.05) is 0 Å². The van der Waals surface area contributed by atoms with Crippen LogP contribution in [0.2, 0.25) is 0 Å². The van der Waals surface area contributed by atoms with Crippen LogP contribution in [0.4, 0.5) is 0 Å². The topological polar surface area (TPSA) is 82.9 Å². The van der Waals surface area contributed by atoms with Crippen LogP contribution in [0.25, 0.3) is 0 Å². The molecule has 2 aromatic carbocycles. The van der Waals surface area contributed by atoms with Gasteiger partial charge in [0.15, 0.2) is 0 Å². The van der Waals surface area contributed by atoms with E-state index in [2.05, 4.69) is 21.1 Å². The first-order valence-electron chi connectivity index (χ1n) is 11.5. The first-order valence-corrected chi connectivity index (χ1v) is 11.5. The summed E-state index contributed by atoms with van der Waals surface area (Å²) in [7, 11) is 0. The third-order valence-corrected chi connectivity index (χ3v) is 5.07. The summed E-state index contributed by atoms with van der Waals surface area (Å²) >= 11 is 0. The zero-order valence-electron chi connectivity index (χ0n) is 19.1. The van der Waals surface area contributed by atoms with E-state index in [0.717, 1.165) is 61.1 Å². The van der Waals surface area contributed by atoms with Crippen LogP contribution in [0.3, 0.4) is 0 Å². The van der Waals surface area contributed by atoms with Crippen molar-refractivity contribution in [1.82, 2.24) is 10.9 Å². The van der Waals surface area contributed by atoms with Gasteiger partial charge >= 0.3 is 0 Å². The van der Waals surface area contributed by atoms with E-state index >= 15 is 0 Å². The molecule has 2 aromatic rings. The summed E-state index contributed by atoms with van der Waals surface area (Å²) in [4.78, 5) is 24.1. The molecular formula is C26H34N4O2. The largest absolute Gasteiger partial charge is 0.273 e. The minimum Gasteiger partial charge on any atom is -0.273 e. The average molecular weight is 435 g/mol. The number of rotatable bonds is 13. The number of nitrogens with one attached hydrogen (secondary N) is 2. The Balaban J connectivity index is 1.60. The van der Waals surface area contributed by atoms with Crippen LogP contribution in [0, 0.1) is 0 Å². The van der Waals surface area contributed by atoms with Crippen LogP contribution < -0.4 is 10.9 Å². The second kappa shape index (κ2) is 14.7. The first kappa shape index (κ1) is 25.0. The Bertz CT molecular complexity index is 817. The molecule has 0 atom stereocenters. The van der Waals surface area contributed by atoms with Crippen molar-refractivity contribution in [1.29, 1.82) is 0 Å². The standard InChI is InChI=1S/C26H34N4O2/c1-3-23(21-15-9-7-10-16-21)27-29-25(31)19-13-5-6-14-20-26(32)30-28-24(4-2)22-17-11-8-12-18-22/h7-12,15-18H,3-6,13-14,19-20H2,1-2H3,(H,29,31)(H,30,32). The summed E-state index contributed by atoms with van der Waals surface area (Å²) in [5.74, 6) is -0.154. The van der Waals surface area contributed by atoms with E-state index in [0.29, 0.717) is 12.8 Å². The molecule has 0 fully saturated rings. The van der Waals surface area contributed by atoms with E-state index in [-0.39, 0.29) is 11.8 Å². The van der Waals surface area contributed by atoms with Crippen LogP contribution in [0.15, 0.2) is 70.9 Å². The molecule has 0 aromatic heterocycles. The zero-order chi connectivity index (χ0) is 23.0. The molecule has 0 unspecified atom stereocenters. The molecular weight excluding hydrogens is 400 g/mol. The van der Waals surface area contributed by atoms with E-state index in [9.17, 15) is 9.59 Å². The maximum absolute atomic E-state index is 12.0. The number of unbranched alkanes of at least 4 members (excludes halogenated alkanes) is 3. The van der Waals surface area contributed by atoms with E-state index in [1.54, 1.807) is 0 Å². The summed E-state index contributed by atoms with van der Waals surface area (Å²) in [6.07, 6.45) is 5.73. The lowest BCUT2D eigenvalue weighted by molar-refractivity contribution is -0.122. The van der Waals surface area contributed by atoms with Gasteiger partial charge in [-0.1, -0.05) is 87.4 Å². The highest BCUT2D eigenvalue weighted by Gasteiger charge is 2.05. The molecule has 0 aliphatic rings. The maximum atomic E-state index is 12.0. The monoisotopic (exact) mass is 434 g/mol. The SMILES string of the molecule is CCC(=NNC(=O)CCCCCCC(=O)NN=C(CC)c1ccccc1)c1ccccc1. The lowest BCUT2D eigenvalue weighted by atomic mass is 10.1. The van der Waals surface area contributed by atoms with Gasteiger partial charge in [0.25, 0.3) is 0 Å². The highest BCUT2D eigenvalue weighted by molar-refractivity contribution is 6.01. The molecule has 2 amide bonds. The quantitative estimate of drug-likeness (QED) is 0.258. The first-order chi connectivity index (χ1) is 15.6. The van der Waals surface area contributed by atoms with E-state index in [4.69, 9.17) is 0 Å². The van der Waals surface area contributed by atoms with E-state index in [1.165, 1.54) is 0 Å². The number of nitrogens with zero attached hydrogens (tertiary/aromatic N) is 2. The predicted molar refractivity (Wildman–Crippen MR) is 131 cm³/mol. The highest BCUT2D eigenvalue weighted by Crippen LogP contribution is 2.07. The van der Waals surface area contributed by atoms with Crippen LogP contribution in [-0.2, 0) is 9.59 Å². The molecule has 2 N–H and O–H groups in total. The van der Waals surface area contributed by atoms with Crippen LogP contribution in [0.1, 0.15) is 76.3 Å². The van der Waals surface area contributed by atoms with Crippen molar-refractivity contribution in [2.45, 2.75) is 65.2 Å². The summed E-state index contributed by atoms with van der Waals surface area (Å²) < 4.78 is 0. The van der Waals surface area contributed by atoms with Gasteiger partial charge in [-0.2, -0.15) is 10.2 Å². The van der Waals surface area contributed by atoms with Crippen LogP contribution in [0.5, 0.6) is 0 Å². The van der Waals surface area contributed by atoms with Crippen molar-refractivity contribution in [3.8, 4) is 0 Å². The Kier molecular flexibility index (Phi) is 11.5. The Morgan fingerprint density at radius 3 is 1.34 bits per heavy atom. The molecule has 6 nitrogen and oxygen atoms in total. The predicted octanol–water partition coefficient (Wildman–Crippen LogP) is 5.19. The van der Waals surface area contributed by atoms with Crippen molar-refractivity contribution >= 4 is 23.2 Å². The molecule has 2 rings (SSSR count). The molecule has 0 radical (unpaired) electrons. The van der Waals surface area contributed by atoms with Crippen molar-refractivity contribution in [3.05, 3.63) is 71.8 Å². The molecule has 170 valence electrons. The van der Waals surface area contributed by atoms with Gasteiger partial charge in [0, 0.05) is 12.8 Å². The number of hydrogen-bond donors (Lipinski definition) is 2. The van der Waals surface area contributed by atoms with Gasteiger partial charge in [0.05, 0.1) is 11.4 Å². The molecule has 0 saturated heterocycles. The number of amides is 2. The normalized spacial score (nSPS) is 11.8. The van der Waals surface area contributed by atoms with Crippen molar-refractivity contribution in [2.24, 2.45) is 10.2 Å². The number of hydrogen-bond acceptors (Lipinski definition) is 4. The third-order valence-electron chi connectivity index (χ3n) is 5.07. The summed E-state index contributed by atoms with van der Waals surface area (Å²) in [5.41, 5.74) is 9.09. The molecule has 0 bridgehead atoms. The molecule has 32 heavy (non-hydrogen) atoms. The number of carbonyl (C=O) groups excluding carboxylic acids is 2. The van der Waals surface area contributed by atoms with Crippen molar-refractivity contribution in [3.63, 3.8) is 0 Å². The van der Waals surface area contributed by atoms with Gasteiger partial charge in [0.2, 0.25) is 11.8 Å². The summed E-state index contributed by atoms with van der Waals surface area (Å²) in [6, 6.07) is 19.7. The van der Waals surface area contributed by atoms with Gasteiger partial charge in [-0.3, -0.25) is 9.59 Å². The van der Waals surface area contributed by atoms with Crippen LogP contribution >= 0.6 is 0 Å². The highest BCUT2D eigenvalue weighted by atomic mass is 16.2. The fourth-order valence-electron chi connectivity index (χ4n) is 3.25. The fourth-order valence-corrected chi connectivity index (χ4v) is 3.25. The van der Waals surface area contributed by atoms with Gasteiger partial charge < -0.3 is 0 Å². The Morgan fingerprint density at radius 2 is 1.00 bits per heavy atom. The molecule has 0 saturated carbocycles. The minimum absolute atomic E-state index is 0.0769. The number of carbonyl (C=O) groups is 2. The third kappa shape index (κ3) is 9.25. The fraction of sp³-hybridized carbons (Fsp3) is 0.385. The smallest absolute Gasteiger partial charge is 0.240 e.